The van der Waals surface area contributed by atoms with Gasteiger partial charge in [-0.2, -0.15) is 0 Å². The lowest BCUT2D eigenvalue weighted by molar-refractivity contribution is -0.146. The van der Waals surface area contributed by atoms with E-state index in [1.54, 1.807) is 18.2 Å². The number of ketones is 1. The quantitative estimate of drug-likeness (QED) is 0.502. The maximum Gasteiger partial charge on any atom is 0.376 e. The van der Waals surface area contributed by atoms with Crippen molar-refractivity contribution in [2.24, 2.45) is 0 Å². The van der Waals surface area contributed by atoms with Gasteiger partial charge in [-0.25, -0.2) is 9.18 Å². The summed E-state index contributed by atoms with van der Waals surface area (Å²) in [5.74, 6) is -3.44. The highest BCUT2D eigenvalue weighted by Gasteiger charge is 2.13. The molecule has 0 saturated carbocycles. The van der Waals surface area contributed by atoms with Gasteiger partial charge in [-0.1, -0.05) is 18.2 Å². The van der Waals surface area contributed by atoms with Crippen molar-refractivity contribution in [1.29, 1.82) is 0 Å². The molecule has 1 heterocycles. The number of furan rings is 1. The van der Waals surface area contributed by atoms with Crippen LogP contribution in [0.1, 0.15) is 16.9 Å². The van der Waals surface area contributed by atoms with Crippen molar-refractivity contribution in [2.75, 3.05) is 0 Å². The summed E-state index contributed by atoms with van der Waals surface area (Å²) in [5, 5.41) is 18.1. The molecule has 0 aliphatic heterocycles. The zero-order valence-electron chi connectivity index (χ0n) is 10.7. The highest BCUT2D eigenvalue weighted by molar-refractivity contribution is 6.38. The minimum atomic E-state index is -1.67. The van der Waals surface area contributed by atoms with Crippen LogP contribution in [0.5, 0.6) is 0 Å². The predicted molar refractivity (Wildman–Crippen MR) is 71.2 cm³/mol. The van der Waals surface area contributed by atoms with Crippen LogP contribution in [0, 0.1) is 5.82 Å². The first-order valence-corrected chi connectivity index (χ1v) is 5.96. The van der Waals surface area contributed by atoms with Crippen molar-refractivity contribution in [3.8, 4) is 0 Å². The van der Waals surface area contributed by atoms with Gasteiger partial charge in [-0.15, -0.1) is 0 Å². The number of aliphatic carboxylic acids is 1. The van der Waals surface area contributed by atoms with Crippen LogP contribution >= 0.6 is 0 Å². The highest BCUT2D eigenvalue weighted by atomic mass is 19.1. The number of hydrogen-bond acceptors (Lipinski definition) is 4. The van der Waals surface area contributed by atoms with Gasteiger partial charge in [-0.3, -0.25) is 4.79 Å². The maximum absolute atomic E-state index is 13.5. The summed E-state index contributed by atoms with van der Waals surface area (Å²) >= 11 is 0. The highest BCUT2D eigenvalue weighted by Crippen LogP contribution is 2.19. The second-order valence-electron chi connectivity index (χ2n) is 4.27. The summed E-state index contributed by atoms with van der Waals surface area (Å²) in [5.41, 5.74) is 0.569. The van der Waals surface area contributed by atoms with Crippen LogP contribution in [-0.4, -0.2) is 22.0 Å². The Kier molecular flexibility index (Phi) is 4.18. The molecule has 21 heavy (non-hydrogen) atoms. The summed E-state index contributed by atoms with van der Waals surface area (Å²) in [4.78, 5) is 21.3. The fourth-order valence-corrected chi connectivity index (χ4v) is 1.71. The van der Waals surface area contributed by atoms with E-state index in [9.17, 15) is 19.1 Å². The van der Waals surface area contributed by atoms with E-state index in [-0.39, 0.29) is 17.8 Å². The molecule has 0 bridgehead atoms. The number of carbonyl (C=O) groups excluding carboxylic acids is 1. The topological polar surface area (TPSA) is 87.7 Å². The van der Waals surface area contributed by atoms with E-state index in [4.69, 9.17) is 9.52 Å². The van der Waals surface area contributed by atoms with Crippen molar-refractivity contribution >= 4 is 17.5 Å². The molecule has 1 aromatic carbocycles. The molecule has 5 nitrogen and oxygen atoms in total. The number of carbonyl (C=O) groups is 2. The third kappa shape index (κ3) is 3.56. The van der Waals surface area contributed by atoms with E-state index >= 15 is 0 Å². The van der Waals surface area contributed by atoms with Crippen molar-refractivity contribution in [1.82, 2.24) is 0 Å². The standard InChI is InChI=1S/C15H11FO5/c16-12-4-2-1-3-9(12)5-11-6-10(8-21-11)13(17)7-14(18)15(19)20/h1-4,6-8,17H,5H2,(H,19,20). The molecule has 6 heteroatoms. The Bertz CT molecular complexity index is 714. The van der Waals surface area contributed by atoms with E-state index in [1.165, 1.54) is 12.1 Å². The summed E-state index contributed by atoms with van der Waals surface area (Å²) in [6.07, 6.45) is 1.92. The summed E-state index contributed by atoms with van der Waals surface area (Å²) < 4.78 is 18.6. The molecule has 0 atom stereocenters. The molecule has 108 valence electrons. The molecule has 2 rings (SSSR count). The van der Waals surface area contributed by atoms with Gasteiger partial charge in [0.05, 0.1) is 5.56 Å². The number of hydrogen-bond donors (Lipinski definition) is 2. The van der Waals surface area contributed by atoms with E-state index in [1.807, 2.05) is 0 Å². The number of rotatable bonds is 5. The second-order valence-corrected chi connectivity index (χ2v) is 4.27. The minimum absolute atomic E-state index is 0.149. The van der Waals surface area contributed by atoms with Crippen LogP contribution in [-0.2, 0) is 16.0 Å². The number of halogens is 1. The number of aliphatic hydroxyl groups is 1. The molecule has 0 aliphatic carbocycles. The Hall–Kier alpha value is -2.89. The average molecular weight is 290 g/mol. The van der Waals surface area contributed by atoms with Gasteiger partial charge >= 0.3 is 5.97 Å². The zero-order valence-corrected chi connectivity index (χ0v) is 10.7. The van der Waals surface area contributed by atoms with Gasteiger partial charge in [0.25, 0.3) is 5.78 Å². The van der Waals surface area contributed by atoms with E-state index in [2.05, 4.69) is 0 Å². The molecule has 0 radical (unpaired) electrons. The predicted octanol–water partition coefficient (Wildman–Crippen LogP) is 2.56. The Labute approximate surface area is 118 Å². The third-order valence-electron chi connectivity index (χ3n) is 2.75. The Morgan fingerprint density at radius 1 is 1.24 bits per heavy atom. The number of benzene rings is 1. The van der Waals surface area contributed by atoms with Gasteiger partial charge in [0, 0.05) is 12.5 Å². The summed E-state index contributed by atoms with van der Waals surface area (Å²) in [6, 6.07) is 7.58. The van der Waals surface area contributed by atoms with Crippen LogP contribution < -0.4 is 0 Å². The van der Waals surface area contributed by atoms with Crippen molar-refractivity contribution in [3.63, 3.8) is 0 Å². The average Bonchev–Trinajstić information content (AvgIpc) is 2.90. The lowest BCUT2D eigenvalue weighted by atomic mass is 10.1. The Morgan fingerprint density at radius 2 is 1.95 bits per heavy atom. The fraction of sp³-hybridized carbons (Fsp3) is 0.0667. The Morgan fingerprint density at radius 3 is 2.62 bits per heavy atom. The first kappa shape index (κ1) is 14.5. The second kappa shape index (κ2) is 6.04. The van der Waals surface area contributed by atoms with E-state index in [0.29, 0.717) is 17.4 Å². The molecule has 2 N–H and O–H groups in total. The molecule has 0 aliphatic rings. The molecule has 0 amide bonds. The van der Waals surface area contributed by atoms with Gasteiger partial charge in [-0.05, 0) is 17.7 Å². The normalized spacial score (nSPS) is 11.4. The van der Waals surface area contributed by atoms with Crippen LogP contribution in [0.2, 0.25) is 0 Å². The van der Waals surface area contributed by atoms with Crippen molar-refractivity contribution in [3.05, 3.63) is 65.4 Å². The first-order chi connectivity index (χ1) is 9.97. The minimum Gasteiger partial charge on any atom is -0.507 e. The first-order valence-electron chi connectivity index (χ1n) is 5.96. The molecule has 0 fully saturated rings. The third-order valence-corrected chi connectivity index (χ3v) is 2.75. The van der Waals surface area contributed by atoms with Crippen LogP contribution in [0.25, 0.3) is 5.76 Å². The molecule has 0 unspecified atom stereocenters. The van der Waals surface area contributed by atoms with Crippen molar-refractivity contribution < 1.29 is 28.6 Å². The van der Waals surface area contributed by atoms with Crippen LogP contribution in [0.15, 0.2) is 47.1 Å². The van der Waals surface area contributed by atoms with Gasteiger partial charge < -0.3 is 14.6 Å². The fourth-order valence-electron chi connectivity index (χ4n) is 1.71. The molecule has 0 saturated heterocycles. The van der Waals surface area contributed by atoms with Gasteiger partial charge in [0.2, 0.25) is 0 Å². The lowest BCUT2D eigenvalue weighted by Crippen LogP contribution is -2.09. The number of aliphatic hydroxyl groups excluding tert-OH is 1. The maximum atomic E-state index is 13.5. The molecular weight excluding hydrogens is 279 g/mol. The Balaban J connectivity index is 2.17. The van der Waals surface area contributed by atoms with Crippen molar-refractivity contribution in [2.45, 2.75) is 6.42 Å². The van der Waals surface area contributed by atoms with E-state index in [0.717, 1.165) is 6.26 Å². The van der Waals surface area contributed by atoms with Crippen LogP contribution in [0.4, 0.5) is 4.39 Å². The molecule has 1 aromatic heterocycles. The smallest absolute Gasteiger partial charge is 0.376 e. The molecule has 0 spiro atoms. The van der Waals surface area contributed by atoms with Gasteiger partial charge in [0.1, 0.15) is 23.6 Å². The molecular formula is C15H11FO5. The number of carboxylic acids is 1. The van der Waals surface area contributed by atoms with Gasteiger partial charge in [0.15, 0.2) is 0 Å². The monoisotopic (exact) mass is 290 g/mol. The SMILES string of the molecule is O=C(O)C(=O)C=C(O)c1coc(Cc2ccccc2F)c1. The number of carboxylic acid groups (broad SMARTS) is 1. The molecule has 2 aromatic rings. The largest absolute Gasteiger partial charge is 0.507 e. The summed E-state index contributed by atoms with van der Waals surface area (Å²) in [7, 11) is 0. The lowest BCUT2D eigenvalue weighted by Gasteiger charge is -1.99. The van der Waals surface area contributed by atoms with Crippen LogP contribution in [0.3, 0.4) is 0 Å². The summed E-state index contributed by atoms with van der Waals surface area (Å²) in [6.45, 7) is 0. The zero-order chi connectivity index (χ0) is 15.4. The van der Waals surface area contributed by atoms with E-state index < -0.39 is 17.5 Å².